The van der Waals surface area contributed by atoms with Crippen LogP contribution in [0.25, 0.3) is 0 Å². The lowest BCUT2D eigenvalue weighted by atomic mass is 9.75. The molecule has 3 unspecified atom stereocenters. The van der Waals surface area contributed by atoms with E-state index in [0.29, 0.717) is 13.0 Å². The summed E-state index contributed by atoms with van der Waals surface area (Å²) >= 11 is 0. The van der Waals surface area contributed by atoms with E-state index in [2.05, 4.69) is 17.6 Å². The lowest BCUT2D eigenvalue weighted by Crippen LogP contribution is -2.55. The number of piperidine rings is 1. The van der Waals surface area contributed by atoms with E-state index in [0.717, 1.165) is 45.1 Å². The molecule has 0 radical (unpaired) electrons. The molecular weight excluding hydrogens is 268 g/mol. The van der Waals surface area contributed by atoms with E-state index in [-0.39, 0.29) is 17.4 Å². The van der Waals surface area contributed by atoms with Crippen molar-refractivity contribution in [2.24, 2.45) is 10.8 Å². The van der Waals surface area contributed by atoms with E-state index in [1.807, 2.05) is 0 Å². The van der Waals surface area contributed by atoms with E-state index < -0.39 is 11.4 Å². The predicted molar refractivity (Wildman–Crippen MR) is 81.0 cm³/mol. The minimum Gasteiger partial charge on any atom is -0.481 e. The number of amides is 1. The molecule has 0 aromatic carbocycles. The summed E-state index contributed by atoms with van der Waals surface area (Å²) in [4.78, 5) is 24.4. The van der Waals surface area contributed by atoms with Crippen LogP contribution in [0.3, 0.4) is 0 Å². The number of carbonyl (C=O) groups is 2. The molecule has 2 fully saturated rings. The average Bonchev–Trinajstić information content (AvgIpc) is 2.83. The van der Waals surface area contributed by atoms with Gasteiger partial charge in [-0.05, 0) is 45.6 Å². The molecule has 120 valence electrons. The summed E-state index contributed by atoms with van der Waals surface area (Å²) in [5.74, 6) is -0.743. The maximum atomic E-state index is 12.8. The molecule has 0 aromatic heterocycles. The van der Waals surface area contributed by atoms with Crippen molar-refractivity contribution in [3.8, 4) is 0 Å². The molecule has 1 amide bonds. The number of nitrogens with one attached hydrogen (secondary N) is 2. The van der Waals surface area contributed by atoms with Gasteiger partial charge in [-0.2, -0.15) is 0 Å². The molecule has 2 aliphatic rings. The molecule has 3 N–H and O–H groups in total. The molecule has 0 aromatic rings. The average molecular weight is 296 g/mol. The van der Waals surface area contributed by atoms with Crippen LogP contribution in [0, 0.1) is 10.8 Å². The zero-order chi connectivity index (χ0) is 15.5. The van der Waals surface area contributed by atoms with Gasteiger partial charge in [0.25, 0.3) is 0 Å². The number of rotatable bonds is 5. The van der Waals surface area contributed by atoms with Crippen molar-refractivity contribution in [2.45, 2.75) is 64.8 Å². The summed E-state index contributed by atoms with van der Waals surface area (Å²) < 4.78 is 0. The van der Waals surface area contributed by atoms with E-state index in [1.165, 1.54) is 0 Å². The summed E-state index contributed by atoms with van der Waals surface area (Å²) in [7, 11) is 0. The summed E-state index contributed by atoms with van der Waals surface area (Å²) in [6, 6.07) is -0.238. The SMILES string of the molecule is CCCC1(C(=O)NC2CCCC2(C)C(=O)O)CCCNC1. The van der Waals surface area contributed by atoms with Gasteiger partial charge in [-0.3, -0.25) is 9.59 Å². The lowest BCUT2D eigenvalue weighted by Gasteiger charge is -2.38. The zero-order valence-corrected chi connectivity index (χ0v) is 13.2. The maximum Gasteiger partial charge on any atom is 0.311 e. The van der Waals surface area contributed by atoms with Gasteiger partial charge in [-0.15, -0.1) is 0 Å². The molecule has 1 saturated heterocycles. The smallest absolute Gasteiger partial charge is 0.311 e. The monoisotopic (exact) mass is 296 g/mol. The highest BCUT2D eigenvalue weighted by Gasteiger charge is 2.48. The Kier molecular flexibility index (Phi) is 4.91. The van der Waals surface area contributed by atoms with Gasteiger partial charge in [0.15, 0.2) is 0 Å². The third kappa shape index (κ3) is 3.07. The van der Waals surface area contributed by atoms with Crippen molar-refractivity contribution in [3.63, 3.8) is 0 Å². The fourth-order valence-electron chi connectivity index (χ4n) is 3.93. The molecule has 0 bridgehead atoms. The van der Waals surface area contributed by atoms with Crippen LogP contribution in [0.15, 0.2) is 0 Å². The molecule has 3 atom stereocenters. The molecule has 21 heavy (non-hydrogen) atoms. The largest absolute Gasteiger partial charge is 0.481 e. The Morgan fingerprint density at radius 1 is 1.33 bits per heavy atom. The first-order valence-corrected chi connectivity index (χ1v) is 8.20. The number of aliphatic carboxylic acids is 1. The summed E-state index contributed by atoms with van der Waals surface area (Å²) in [6.07, 6.45) is 6.02. The van der Waals surface area contributed by atoms with Crippen molar-refractivity contribution in [2.75, 3.05) is 13.1 Å². The van der Waals surface area contributed by atoms with Crippen LogP contribution in [-0.4, -0.2) is 36.1 Å². The Morgan fingerprint density at radius 2 is 2.10 bits per heavy atom. The summed E-state index contributed by atoms with van der Waals surface area (Å²) in [6.45, 7) is 5.54. The molecule has 1 heterocycles. The van der Waals surface area contributed by atoms with Crippen LogP contribution in [-0.2, 0) is 9.59 Å². The normalized spacial score (nSPS) is 36.4. The van der Waals surface area contributed by atoms with E-state index in [1.54, 1.807) is 6.92 Å². The maximum absolute atomic E-state index is 12.8. The number of carbonyl (C=O) groups excluding carboxylic acids is 1. The second-order valence-electron chi connectivity index (χ2n) is 6.95. The van der Waals surface area contributed by atoms with Crippen molar-refractivity contribution in [1.29, 1.82) is 0 Å². The zero-order valence-electron chi connectivity index (χ0n) is 13.2. The van der Waals surface area contributed by atoms with Crippen molar-refractivity contribution in [3.05, 3.63) is 0 Å². The highest BCUT2D eigenvalue weighted by atomic mass is 16.4. The van der Waals surface area contributed by atoms with Crippen molar-refractivity contribution < 1.29 is 14.7 Å². The second kappa shape index (κ2) is 6.34. The highest BCUT2D eigenvalue weighted by molar-refractivity contribution is 5.85. The van der Waals surface area contributed by atoms with Crippen LogP contribution in [0.4, 0.5) is 0 Å². The van der Waals surface area contributed by atoms with Gasteiger partial charge in [0.05, 0.1) is 10.8 Å². The second-order valence-corrected chi connectivity index (χ2v) is 6.95. The third-order valence-corrected chi connectivity index (χ3v) is 5.43. The number of carboxylic acid groups (broad SMARTS) is 1. The molecular formula is C16H28N2O3. The first kappa shape index (κ1) is 16.3. The summed E-state index contributed by atoms with van der Waals surface area (Å²) in [5.41, 5.74) is -1.17. The Morgan fingerprint density at radius 3 is 2.67 bits per heavy atom. The lowest BCUT2D eigenvalue weighted by molar-refractivity contribution is -0.149. The van der Waals surface area contributed by atoms with Gasteiger partial charge in [-0.1, -0.05) is 19.8 Å². The fourth-order valence-corrected chi connectivity index (χ4v) is 3.93. The Hall–Kier alpha value is -1.10. The number of hydrogen-bond acceptors (Lipinski definition) is 3. The molecule has 1 aliphatic carbocycles. The van der Waals surface area contributed by atoms with Crippen LogP contribution >= 0.6 is 0 Å². The Balaban J connectivity index is 2.10. The van der Waals surface area contributed by atoms with E-state index >= 15 is 0 Å². The van der Waals surface area contributed by atoms with Gasteiger partial charge in [0.2, 0.25) is 5.91 Å². The fraction of sp³-hybridized carbons (Fsp3) is 0.875. The molecule has 5 nitrogen and oxygen atoms in total. The van der Waals surface area contributed by atoms with Crippen molar-refractivity contribution in [1.82, 2.24) is 10.6 Å². The Labute approximate surface area is 126 Å². The van der Waals surface area contributed by atoms with Gasteiger partial charge in [0.1, 0.15) is 0 Å². The topological polar surface area (TPSA) is 78.4 Å². The first-order valence-electron chi connectivity index (χ1n) is 8.20. The number of carboxylic acids is 1. The van der Waals surface area contributed by atoms with E-state index in [9.17, 15) is 14.7 Å². The first-order chi connectivity index (χ1) is 9.94. The standard InChI is InChI=1S/C16H28N2O3/c1-3-7-16(9-5-10-17-11-16)13(19)18-12-6-4-8-15(12,2)14(20)21/h12,17H,3-11H2,1-2H3,(H,18,19)(H,20,21). The predicted octanol–water partition coefficient (Wildman–Crippen LogP) is 1.92. The van der Waals surface area contributed by atoms with Crippen LogP contribution in [0.2, 0.25) is 0 Å². The molecule has 1 saturated carbocycles. The Bertz CT molecular complexity index is 399. The quantitative estimate of drug-likeness (QED) is 0.724. The van der Waals surface area contributed by atoms with Gasteiger partial charge in [-0.25, -0.2) is 0 Å². The van der Waals surface area contributed by atoms with Gasteiger partial charge >= 0.3 is 5.97 Å². The minimum atomic E-state index is -0.814. The molecule has 1 aliphatic heterocycles. The van der Waals surface area contributed by atoms with Crippen molar-refractivity contribution >= 4 is 11.9 Å². The van der Waals surface area contributed by atoms with Gasteiger partial charge in [0, 0.05) is 12.6 Å². The molecule has 0 spiro atoms. The molecule has 2 rings (SSSR count). The minimum absolute atomic E-state index is 0.0518. The van der Waals surface area contributed by atoms with Gasteiger partial charge < -0.3 is 15.7 Å². The summed E-state index contributed by atoms with van der Waals surface area (Å²) in [5, 5.41) is 15.9. The van der Waals surface area contributed by atoms with Crippen LogP contribution in [0.5, 0.6) is 0 Å². The third-order valence-electron chi connectivity index (χ3n) is 5.43. The van der Waals surface area contributed by atoms with Crippen LogP contribution in [0.1, 0.15) is 58.8 Å². The van der Waals surface area contributed by atoms with Crippen LogP contribution < -0.4 is 10.6 Å². The highest BCUT2D eigenvalue weighted by Crippen LogP contribution is 2.40. The molecule has 5 heteroatoms. The number of hydrogen-bond donors (Lipinski definition) is 3. The van der Waals surface area contributed by atoms with E-state index in [4.69, 9.17) is 0 Å².